The van der Waals surface area contributed by atoms with Crippen LogP contribution in [0.4, 0.5) is 11.4 Å². The fourth-order valence-electron chi connectivity index (χ4n) is 2.59. The summed E-state index contributed by atoms with van der Waals surface area (Å²) in [5.41, 5.74) is 3.46. The third-order valence-electron chi connectivity index (χ3n) is 3.87. The van der Waals surface area contributed by atoms with Crippen molar-refractivity contribution >= 4 is 29.0 Å². The van der Waals surface area contributed by atoms with E-state index >= 15 is 0 Å². The van der Waals surface area contributed by atoms with Gasteiger partial charge in [0.1, 0.15) is 0 Å². The molecule has 0 aliphatic carbocycles. The van der Waals surface area contributed by atoms with Crippen molar-refractivity contribution in [2.75, 3.05) is 5.32 Å². The van der Waals surface area contributed by atoms with Crippen molar-refractivity contribution < 1.29 is 14.1 Å². The van der Waals surface area contributed by atoms with Crippen LogP contribution in [0, 0.1) is 24.0 Å². The van der Waals surface area contributed by atoms with Gasteiger partial charge in [0.25, 0.3) is 10.9 Å². The summed E-state index contributed by atoms with van der Waals surface area (Å²) in [6.07, 6.45) is 0. The molecule has 1 unspecified atom stereocenters. The first-order valence-corrected chi connectivity index (χ1v) is 9.34. The molecule has 1 amide bonds. The molecule has 0 radical (unpaired) electrons. The number of carbonyl (C=O) groups is 1. The Morgan fingerprint density at radius 3 is 2.39 bits per heavy atom. The molecule has 0 bridgehead atoms. The number of carbonyl (C=O) groups excluding carboxylic acids is 1. The maximum Gasteiger partial charge on any atom is 0.277 e. The lowest BCUT2D eigenvalue weighted by atomic mass is 10.1. The average molecular weight is 398 g/mol. The molecule has 1 heterocycles. The van der Waals surface area contributed by atoms with E-state index < -0.39 is 10.2 Å². The molecule has 0 aliphatic rings. The standard InChI is InChI=1S/C19H18N4O4S/c1-11-8-12(2)10-14(9-11)18-21-22-19(27-18)28-13(3)17(24)20-15-4-6-16(7-5-15)23(25)26/h4-10,13H,1-3H3,(H,20,24). The number of benzene rings is 2. The number of amides is 1. The van der Waals surface area contributed by atoms with Crippen LogP contribution in [0.15, 0.2) is 52.1 Å². The first kappa shape index (κ1) is 19.6. The monoisotopic (exact) mass is 398 g/mol. The van der Waals surface area contributed by atoms with Gasteiger partial charge in [-0.3, -0.25) is 14.9 Å². The van der Waals surface area contributed by atoms with Crippen molar-refractivity contribution in [3.63, 3.8) is 0 Å². The zero-order valence-corrected chi connectivity index (χ0v) is 16.3. The smallest absolute Gasteiger partial charge is 0.277 e. The molecular weight excluding hydrogens is 380 g/mol. The van der Waals surface area contributed by atoms with Crippen LogP contribution in [0.3, 0.4) is 0 Å². The topological polar surface area (TPSA) is 111 Å². The number of nitro benzene ring substituents is 1. The molecule has 3 rings (SSSR count). The van der Waals surface area contributed by atoms with Crippen LogP contribution < -0.4 is 5.32 Å². The maximum absolute atomic E-state index is 12.3. The second-order valence-electron chi connectivity index (χ2n) is 6.30. The van der Waals surface area contributed by atoms with Crippen LogP contribution in [0.25, 0.3) is 11.5 Å². The van der Waals surface area contributed by atoms with E-state index in [1.54, 1.807) is 6.92 Å². The molecule has 2 aromatic carbocycles. The van der Waals surface area contributed by atoms with Gasteiger partial charge >= 0.3 is 0 Å². The fraction of sp³-hybridized carbons (Fsp3) is 0.211. The van der Waals surface area contributed by atoms with Gasteiger partial charge in [0.15, 0.2) is 0 Å². The quantitative estimate of drug-likeness (QED) is 0.372. The number of nitro groups is 1. The van der Waals surface area contributed by atoms with Gasteiger partial charge in [-0.15, -0.1) is 10.2 Å². The minimum Gasteiger partial charge on any atom is -0.411 e. The fourth-order valence-corrected chi connectivity index (χ4v) is 3.27. The van der Waals surface area contributed by atoms with Crippen molar-refractivity contribution in [1.82, 2.24) is 10.2 Å². The third-order valence-corrected chi connectivity index (χ3v) is 4.80. The van der Waals surface area contributed by atoms with Gasteiger partial charge in [-0.05, 0) is 45.0 Å². The highest BCUT2D eigenvalue weighted by Crippen LogP contribution is 2.28. The number of rotatable bonds is 6. The normalized spacial score (nSPS) is 11.8. The number of aryl methyl sites for hydroxylation is 2. The lowest BCUT2D eigenvalue weighted by Gasteiger charge is -2.09. The summed E-state index contributed by atoms with van der Waals surface area (Å²) in [5, 5.41) is 21.2. The second kappa shape index (κ2) is 8.22. The van der Waals surface area contributed by atoms with E-state index in [0.29, 0.717) is 16.8 Å². The molecule has 1 aromatic heterocycles. The SMILES string of the molecule is Cc1cc(C)cc(-c2nnc(SC(C)C(=O)Nc3ccc([N+](=O)[O-])cc3)o2)c1. The van der Waals surface area contributed by atoms with Gasteiger partial charge in [-0.25, -0.2) is 0 Å². The summed E-state index contributed by atoms with van der Waals surface area (Å²) >= 11 is 1.14. The number of hydrogen-bond donors (Lipinski definition) is 1. The van der Waals surface area contributed by atoms with Gasteiger partial charge in [0, 0.05) is 23.4 Å². The third kappa shape index (κ3) is 4.74. The summed E-state index contributed by atoms with van der Waals surface area (Å²) in [6.45, 7) is 5.70. The maximum atomic E-state index is 12.3. The number of nitrogens with zero attached hydrogens (tertiary/aromatic N) is 3. The van der Waals surface area contributed by atoms with Gasteiger partial charge in [0.05, 0.1) is 10.2 Å². The molecule has 1 N–H and O–H groups in total. The summed E-state index contributed by atoms with van der Waals surface area (Å²) in [7, 11) is 0. The number of nitrogens with one attached hydrogen (secondary N) is 1. The van der Waals surface area contributed by atoms with Crippen LogP contribution in [0.2, 0.25) is 0 Å². The molecule has 1 atom stereocenters. The lowest BCUT2D eigenvalue weighted by Crippen LogP contribution is -2.22. The molecule has 3 aromatic rings. The Balaban J connectivity index is 1.64. The Morgan fingerprint density at radius 1 is 1.14 bits per heavy atom. The molecule has 0 spiro atoms. The molecular formula is C19H18N4O4S. The number of non-ortho nitro benzene ring substituents is 1. The molecule has 144 valence electrons. The van der Waals surface area contributed by atoms with E-state index in [4.69, 9.17) is 4.42 Å². The summed E-state index contributed by atoms with van der Waals surface area (Å²) < 4.78 is 5.68. The first-order valence-electron chi connectivity index (χ1n) is 8.46. The van der Waals surface area contributed by atoms with E-state index in [2.05, 4.69) is 21.6 Å². The Bertz CT molecular complexity index is 997. The van der Waals surface area contributed by atoms with Crippen molar-refractivity contribution in [3.05, 3.63) is 63.7 Å². The molecule has 8 nitrogen and oxygen atoms in total. The van der Waals surface area contributed by atoms with Gasteiger partial charge in [0.2, 0.25) is 11.8 Å². The highest BCUT2D eigenvalue weighted by Gasteiger charge is 2.19. The Labute approximate surface area is 165 Å². The highest BCUT2D eigenvalue weighted by molar-refractivity contribution is 8.00. The van der Waals surface area contributed by atoms with Crippen molar-refractivity contribution in [2.45, 2.75) is 31.2 Å². The minimum atomic E-state index is -0.497. The number of thioether (sulfide) groups is 1. The Morgan fingerprint density at radius 2 is 1.79 bits per heavy atom. The van der Waals surface area contributed by atoms with Gasteiger partial charge < -0.3 is 9.73 Å². The van der Waals surface area contributed by atoms with E-state index in [9.17, 15) is 14.9 Å². The van der Waals surface area contributed by atoms with E-state index in [1.165, 1.54) is 24.3 Å². The minimum absolute atomic E-state index is 0.0369. The number of aromatic nitrogens is 2. The van der Waals surface area contributed by atoms with Crippen LogP contribution in [-0.2, 0) is 4.79 Å². The van der Waals surface area contributed by atoms with Crippen LogP contribution in [0.1, 0.15) is 18.1 Å². The number of hydrogen-bond acceptors (Lipinski definition) is 7. The van der Waals surface area contributed by atoms with E-state index in [0.717, 1.165) is 28.5 Å². The van der Waals surface area contributed by atoms with Crippen molar-refractivity contribution in [3.8, 4) is 11.5 Å². The predicted octanol–water partition coefficient (Wildman–Crippen LogP) is 4.38. The van der Waals surface area contributed by atoms with Crippen LogP contribution in [-0.4, -0.2) is 26.3 Å². The van der Waals surface area contributed by atoms with Gasteiger partial charge in [-0.2, -0.15) is 0 Å². The molecule has 9 heteroatoms. The molecule has 0 saturated heterocycles. The lowest BCUT2D eigenvalue weighted by molar-refractivity contribution is -0.384. The predicted molar refractivity (Wildman–Crippen MR) is 106 cm³/mol. The molecule has 0 aliphatic heterocycles. The van der Waals surface area contributed by atoms with Crippen molar-refractivity contribution in [2.24, 2.45) is 0 Å². The van der Waals surface area contributed by atoms with Crippen LogP contribution in [0.5, 0.6) is 0 Å². The highest BCUT2D eigenvalue weighted by atomic mass is 32.2. The Kier molecular flexibility index (Phi) is 5.74. The summed E-state index contributed by atoms with van der Waals surface area (Å²) in [6, 6.07) is 11.6. The zero-order chi connectivity index (χ0) is 20.3. The van der Waals surface area contributed by atoms with Crippen molar-refractivity contribution in [1.29, 1.82) is 0 Å². The second-order valence-corrected chi connectivity index (χ2v) is 7.59. The zero-order valence-electron chi connectivity index (χ0n) is 15.5. The number of anilines is 1. The summed E-state index contributed by atoms with van der Waals surface area (Å²) in [4.78, 5) is 22.5. The van der Waals surface area contributed by atoms with E-state index in [1.807, 2.05) is 26.0 Å². The molecule has 28 heavy (non-hydrogen) atoms. The Hall–Kier alpha value is -3.20. The van der Waals surface area contributed by atoms with E-state index in [-0.39, 0.29) is 11.6 Å². The molecule has 0 fully saturated rings. The van der Waals surface area contributed by atoms with Crippen LogP contribution >= 0.6 is 11.8 Å². The average Bonchev–Trinajstić information content (AvgIpc) is 3.10. The van der Waals surface area contributed by atoms with Gasteiger partial charge in [-0.1, -0.05) is 29.0 Å². The first-order chi connectivity index (χ1) is 13.3. The largest absolute Gasteiger partial charge is 0.411 e. The molecule has 0 saturated carbocycles. The summed E-state index contributed by atoms with van der Waals surface area (Å²) in [5.74, 6) is 0.127.